The molecule has 0 aliphatic rings. The number of nitrogens with zero attached hydrogens (tertiary/aromatic N) is 1. The minimum atomic E-state index is -0.264. The molecule has 28 heavy (non-hydrogen) atoms. The van der Waals surface area contributed by atoms with E-state index in [0.717, 1.165) is 11.3 Å². The van der Waals surface area contributed by atoms with Crippen LogP contribution in [0.4, 0.5) is 10.1 Å². The summed E-state index contributed by atoms with van der Waals surface area (Å²) in [7, 11) is 1.62. The van der Waals surface area contributed by atoms with Gasteiger partial charge in [0.1, 0.15) is 17.3 Å². The van der Waals surface area contributed by atoms with E-state index in [0.29, 0.717) is 36.5 Å². The minimum Gasteiger partial charge on any atom is -0.497 e. The van der Waals surface area contributed by atoms with Crippen molar-refractivity contribution >= 4 is 11.6 Å². The Morgan fingerprint density at radius 1 is 1.11 bits per heavy atom. The Morgan fingerprint density at radius 2 is 1.96 bits per heavy atom. The summed E-state index contributed by atoms with van der Waals surface area (Å²) in [6.45, 7) is 0.814. The van der Waals surface area contributed by atoms with Crippen molar-refractivity contribution in [3.8, 4) is 5.75 Å². The number of rotatable bonds is 8. The Balaban J connectivity index is 1.54. The van der Waals surface area contributed by atoms with Crippen LogP contribution < -0.4 is 15.4 Å². The number of ether oxygens (including phenoxy) is 1. The van der Waals surface area contributed by atoms with Crippen molar-refractivity contribution in [1.82, 2.24) is 10.3 Å². The first-order valence-electron chi connectivity index (χ1n) is 9.00. The number of aromatic nitrogens is 1. The molecule has 1 heterocycles. The Morgan fingerprint density at radius 3 is 2.79 bits per heavy atom. The molecule has 1 amide bonds. The molecule has 3 aromatic rings. The molecule has 1 aromatic heterocycles. The van der Waals surface area contributed by atoms with Gasteiger partial charge in [-0.25, -0.2) is 4.39 Å². The Hall–Kier alpha value is -3.41. The van der Waals surface area contributed by atoms with Gasteiger partial charge in [0.15, 0.2) is 0 Å². The van der Waals surface area contributed by atoms with Crippen LogP contribution in [0.1, 0.15) is 21.6 Å². The fourth-order valence-electron chi connectivity index (χ4n) is 2.74. The summed E-state index contributed by atoms with van der Waals surface area (Å²) in [6.07, 6.45) is 2.24. The highest BCUT2D eigenvalue weighted by Gasteiger charge is 2.08. The van der Waals surface area contributed by atoms with Gasteiger partial charge in [0, 0.05) is 30.5 Å². The van der Waals surface area contributed by atoms with Crippen LogP contribution in [0.25, 0.3) is 0 Å². The van der Waals surface area contributed by atoms with Crippen molar-refractivity contribution in [2.24, 2.45) is 0 Å². The van der Waals surface area contributed by atoms with E-state index in [9.17, 15) is 9.18 Å². The lowest BCUT2D eigenvalue weighted by Gasteiger charge is -2.09. The second-order valence-electron chi connectivity index (χ2n) is 6.23. The lowest BCUT2D eigenvalue weighted by molar-refractivity contribution is 0.0949. The Kier molecular flexibility index (Phi) is 6.57. The number of hydrogen-bond acceptors (Lipinski definition) is 4. The second kappa shape index (κ2) is 9.50. The third-order valence-electron chi connectivity index (χ3n) is 4.27. The van der Waals surface area contributed by atoms with Gasteiger partial charge in [-0.15, -0.1) is 0 Å². The summed E-state index contributed by atoms with van der Waals surface area (Å²) >= 11 is 0. The Bertz CT molecular complexity index is 946. The van der Waals surface area contributed by atoms with Gasteiger partial charge in [-0.2, -0.15) is 0 Å². The zero-order valence-corrected chi connectivity index (χ0v) is 15.6. The van der Waals surface area contributed by atoms with Gasteiger partial charge in [-0.05, 0) is 42.3 Å². The van der Waals surface area contributed by atoms with Gasteiger partial charge < -0.3 is 15.4 Å². The number of methoxy groups -OCH3 is 1. The van der Waals surface area contributed by atoms with E-state index < -0.39 is 0 Å². The van der Waals surface area contributed by atoms with Crippen molar-refractivity contribution < 1.29 is 13.9 Å². The first-order valence-corrected chi connectivity index (χ1v) is 9.00. The normalized spacial score (nSPS) is 10.4. The van der Waals surface area contributed by atoms with E-state index in [1.807, 2.05) is 24.3 Å². The van der Waals surface area contributed by atoms with E-state index >= 15 is 0 Å². The fraction of sp³-hybridized carbons (Fsp3) is 0.182. The summed E-state index contributed by atoms with van der Waals surface area (Å²) in [5.74, 6) is 0.274. The van der Waals surface area contributed by atoms with Crippen molar-refractivity contribution in [3.05, 3.63) is 89.5 Å². The average Bonchev–Trinajstić information content (AvgIpc) is 2.73. The van der Waals surface area contributed by atoms with Gasteiger partial charge in [-0.1, -0.05) is 30.3 Å². The largest absolute Gasteiger partial charge is 0.497 e. The molecule has 5 nitrogen and oxygen atoms in total. The number of hydrogen-bond donors (Lipinski definition) is 2. The van der Waals surface area contributed by atoms with E-state index in [2.05, 4.69) is 15.6 Å². The molecule has 0 radical (unpaired) electrons. The number of halogens is 1. The molecule has 0 atom stereocenters. The number of carbonyl (C=O) groups is 1. The van der Waals surface area contributed by atoms with Gasteiger partial charge in [0.2, 0.25) is 0 Å². The number of nitrogens with one attached hydrogen (secondary N) is 2. The Labute approximate surface area is 163 Å². The van der Waals surface area contributed by atoms with Crippen molar-refractivity contribution in [1.29, 1.82) is 0 Å². The topological polar surface area (TPSA) is 63.2 Å². The first-order chi connectivity index (χ1) is 13.7. The molecule has 0 saturated heterocycles. The molecule has 144 valence electrons. The summed E-state index contributed by atoms with van der Waals surface area (Å²) in [4.78, 5) is 16.5. The molecule has 0 unspecified atom stereocenters. The molecule has 3 rings (SSSR count). The molecule has 6 heteroatoms. The number of amides is 1. The van der Waals surface area contributed by atoms with Gasteiger partial charge in [-0.3, -0.25) is 9.78 Å². The first kappa shape index (κ1) is 19.4. The van der Waals surface area contributed by atoms with Crippen LogP contribution in [-0.2, 0) is 13.0 Å². The maximum Gasteiger partial charge on any atom is 0.269 e. The highest BCUT2D eigenvalue weighted by Crippen LogP contribution is 2.14. The van der Waals surface area contributed by atoms with Crippen LogP contribution >= 0.6 is 0 Å². The molecule has 0 aliphatic carbocycles. The molecule has 0 spiro atoms. The molecule has 0 fully saturated rings. The summed E-state index contributed by atoms with van der Waals surface area (Å²) in [5.41, 5.74) is 2.65. The van der Waals surface area contributed by atoms with Crippen LogP contribution in [0.5, 0.6) is 5.75 Å². The quantitative estimate of drug-likeness (QED) is 0.625. The highest BCUT2D eigenvalue weighted by molar-refractivity contribution is 5.93. The van der Waals surface area contributed by atoms with E-state index in [1.54, 1.807) is 43.6 Å². The van der Waals surface area contributed by atoms with Crippen LogP contribution in [0.3, 0.4) is 0 Å². The third kappa shape index (κ3) is 5.30. The van der Waals surface area contributed by atoms with Crippen molar-refractivity contribution in [2.75, 3.05) is 19.0 Å². The number of pyridine rings is 1. The molecule has 2 aromatic carbocycles. The van der Waals surface area contributed by atoms with E-state index in [4.69, 9.17) is 4.74 Å². The van der Waals surface area contributed by atoms with Crippen LogP contribution in [0.2, 0.25) is 0 Å². The average molecular weight is 379 g/mol. The maximum atomic E-state index is 13.7. The maximum absolute atomic E-state index is 13.7. The highest BCUT2D eigenvalue weighted by atomic mass is 19.1. The van der Waals surface area contributed by atoms with Crippen LogP contribution in [0, 0.1) is 5.82 Å². The lowest BCUT2D eigenvalue weighted by atomic mass is 10.1. The molecule has 0 aliphatic heterocycles. The van der Waals surface area contributed by atoms with Crippen molar-refractivity contribution in [2.45, 2.75) is 13.0 Å². The SMILES string of the molecule is COc1cccc(CCNC(=O)c2cc(NCc3ccccc3F)ccn2)c1. The number of benzene rings is 2. The van der Waals surface area contributed by atoms with E-state index in [-0.39, 0.29) is 11.7 Å². The van der Waals surface area contributed by atoms with Crippen LogP contribution in [-0.4, -0.2) is 24.5 Å². The standard InChI is InChI=1S/C22H22FN3O2/c1-28-19-7-4-5-16(13-19)9-11-25-22(27)21-14-18(10-12-24-21)26-15-17-6-2-3-8-20(17)23/h2-8,10,12-14H,9,11,15H2,1H3,(H,24,26)(H,25,27). The molecular formula is C22H22FN3O2. The fourth-order valence-corrected chi connectivity index (χ4v) is 2.74. The lowest BCUT2D eigenvalue weighted by Crippen LogP contribution is -2.26. The van der Waals surface area contributed by atoms with Crippen molar-refractivity contribution in [3.63, 3.8) is 0 Å². The molecule has 2 N–H and O–H groups in total. The zero-order valence-electron chi connectivity index (χ0n) is 15.6. The minimum absolute atomic E-state index is 0.252. The molecule has 0 saturated carbocycles. The second-order valence-corrected chi connectivity index (χ2v) is 6.23. The summed E-state index contributed by atoms with van der Waals surface area (Å²) in [6, 6.07) is 17.7. The van der Waals surface area contributed by atoms with E-state index in [1.165, 1.54) is 6.07 Å². The smallest absolute Gasteiger partial charge is 0.269 e. The third-order valence-corrected chi connectivity index (χ3v) is 4.27. The molecular weight excluding hydrogens is 357 g/mol. The summed E-state index contributed by atoms with van der Waals surface area (Å²) in [5, 5.41) is 5.98. The van der Waals surface area contributed by atoms with Crippen LogP contribution in [0.15, 0.2) is 66.9 Å². The van der Waals surface area contributed by atoms with Gasteiger partial charge in [0.05, 0.1) is 7.11 Å². The predicted octanol–water partition coefficient (Wildman–Crippen LogP) is 3.81. The zero-order chi connectivity index (χ0) is 19.8. The number of anilines is 1. The van der Waals surface area contributed by atoms with Gasteiger partial charge >= 0.3 is 0 Å². The van der Waals surface area contributed by atoms with Gasteiger partial charge in [0.25, 0.3) is 5.91 Å². The summed E-state index contributed by atoms with van der Waals surface area (Å²) < 4.78 is 18.9. The predicted molar refractivity (Wildman–Crippen MR) is 107 cm³/mol. The monoisotopic (exact) mass is 379 g/mol. The number of carbonyl (C=O) groups excluding carboxylic acids is 1. The molecule has 0 bridgehead atoms.